The van der Waals surface area contributed by atoms with Gasteiger partial charge < -0.3 is 24.6 Å². The number of rotatable bonds is 5. The molecule has 0 saturated carbocycles. The summed E-state index contributed by atoms with van der Waals surface area (Å²) in [6, 6.07) is 15.7. The molecule has 0 spiro atoms. The molecule has 198 valence electrons. The van der Waals surface area contributed by atoms with Crippen LogP contribution in [0.5, 0.6) is 17.4 Å². The predicted octanol–water partition coefficient (Wildman–Crippen LogP) is 4.73. The van der Waals surface area contributed by atoms with Crippen molar-refractivity contribution in [2.45, 2.75) is 6.92 Å². The van der Waals surface area contributed by atoms with E-state index in [1.165, 1.54) is 17.0 Å². The van der Waals surface area contributed by atoms with Crippen LogP contribution in [0.15, 0.2) is 53.9 Å². The topological polar surface area (TPSA) is 83.1 Å². The average Bonchev–Trinajstić information content (AvgIpc) is 3.43. The molecule has 1 saturated heterocycles. The number of nitrogens with one attached hydrogen (secondary N) is 1. The van der Waals surface area contributed by atoms with E-state index in [9.17, 15) is 4.79 Å². The van der Waals surface area contributed by atoms with Gasteiger partial charge in [0.25, 0.3) is 0 Å². The molecule has 0 atom stereocenters. The second-order valence-electron chi connectivity index (χ2n) is 9.34. The van der Waals surface area contributed by atoms with Gasteiger partial charge in [0.1, 0.15) is 11.3 Å². The molecule has 4 aromatic rings. The minimum absolute atomic E-state index is 0.271. The first-order valence-electron chi connectivity index (χ1n) is 12.8. The molecule has 6 rings (SSSR count). The Labute approximate surface area is 231 Å². The normalized spacial score (nSPS) is 15.2. The number of anilines is 4. The molecule has 2 aromatic carbocycles. The highest BCUT2D eigenvalue weighted by molar-refractivity contribution is 7.17. The summed E-state index contributed by atoms with van der Waals surface area (Å²) in [4.78, 5) is 28.3. The van der Waals surface area contributed by atoms with E-state index in [1.54, 1.807) is 11.8 Å². The summed E-state index contributed by atoms with van der Waals surface area (Å²) >= 11 is 1.51. The number of nitrogens with zero attached hydrogens (tertiary/aromatic N) is 5. The molecule has 1 N–H and O–H groups in total. The van der Waals surface area contributed by atoms with Gasteiger partial charge in [0.2, 0.25) is 11.8 Å². The Morgan fingerprint density at radius 3 is 2.67 bits per heavy atom. The number of ether oxygens (including phenoxy) is 2. The van der Waals surface area contributed by atoms with E-state index in [0.29, 0.717) is 42.2 Å². The lowest BCUT2D eigenvalue weighted by Gasteiger charge is -2.34. The number of carbonyl (C=O) groups excluding carboxylic acids is 1. The molecular weight excluding hydrogens is 512 g/mol. The van der Waals surface area contributed by atoms with Crippen LogP contribution < -0.4 is 24.6 Å². The van der Waals surface area contributed by atoms with Crippen molar-refractivity contribution in [1.82, 2.24) is 14.9 Å². The Morgan fingerprint density at radius 2 is 1.87 bits per heavy atom. The Balaban J connectivity index is 1.26. The largest absolute Gasteiger partial charge is 0.486 e. The minimum Gasteiger partial charge on any atom is -0.486 e. The molecule has 2 aliphatic heterocycles. The summed E-state index contributed by atoms with van der Waals surface area (Å²) in [6.45, 7) is 6.59. The molecule has 0 radical (unpaired) electrons. The van der Waals surface area contributed by atoms with Crippen molar-refractivity contribution in [2.75, 3.05) is 61.5 Å². The lowest BCUT2D eigenvalue weighted by Crippen LogP contribution is -2.44. The number of hydrogen-bond donors (Lipinski definition) is 1. The number of piperazine rings is 1. The van der Waals surface area contributed by atoms with Crippen LogP contribution in [-0.2, 0) is 4.79 Å². The summed E-state index contributed by atoms with van der Waals surface area (Å²) in [5, 5.41) is 5.28. The highest BCUT2D eigenvalue weighted by atomic mass is 32.1. The van der Waals surface area contributed by atoms with Crippen molar-refractivity contribution in [3.63, 3.8) is 0 Å². The van der Waals surface area contributed by atoms with Crippen LogP contribution in [0.2, 0.25) is 0 Å². The SMILES string of the molecule is CC#CC(=O)N1CCOc2c(Oc3nc(Nc4ccc(N5CCN(C)CC5)cc4)nc4ccsc34)cccc21. The number of para-hydroxylation sites is 1. The van der Waals surface area contributed by atoms with E-state index in [4.69, 9.17) is 14.5 Å². The highest BCUT2D eigenvalue weighted by Crippen LogP contribution is 2.43. The maximum Gasteiger partial charge on any atom is 0.303 e. The Hall–Kier alpha value is -4.33. The first-order chi connectivity index (χ1) is 19.1. The number of amides is 1. The number of fused-ring (bicyclic) bond motifs is 2. The van der Waals surface area contributed by atoms with Gasteiger partial charge in [-0.15, -0.1) is 11.3 Å². The van der Waals surface area contributed by atoms with E-state index in [-0.39, 0.29) is 5.91 Å². The van der Waals surface area contributed by atoms with Crippen LogP contribution in [0.4, 0.5) is 23.0 Å². The van der Waals surface area contributed by atoms with Gasteiger partial charge >= 0.3 is 5.91 Å². The molecule has 2 aromatic heterocycles. The van der Waals surface area contributed by atoms with Crippen LogP contribution in [-0.4, -0.2) is 67.2 Å². The number of likely N-dealkylation sites (N-methyl/N-ethyl adjacent to an activating group) is 1. The van der Waals surface area contributed by atoms with E-state index >= 15 is 0 Å². The third-order valence-corrected chi connectivity index (χ3v) is 7.65. The summed E-state index contributed by atoms with van der Waals surface area (Å²) in [5.41, 5.74) is 3.50. The lowest BCUT2D eigenvalue weighted by molar-refractivity contribution is -0.113. The molecule has 0 bridgehead atoms. The van der Waals surface area contributed by atoms with Gasteiger partial charge in [-0.1, -0.05) is 12.0 Å². The van der Waals surface area contributed by atoms with Crippen molar-refractivity contribution in [2.24, 2.45) is 0 Å². The van der Waals surface area contributed by atoms with Crippen molar-refractivity contribution in [3.8, 4) is 29.2 Å². The van der Waals surface area contributed by atoms with E-state index in [0.717, 1.165) is 42.1 Å². The Morgan fingerprint density at radius 1 is 1.05 bits per heavy atom. The van der Waals surface area contributed by atoms with Crippen LogP contribution in [0.3, 0.4) is 0 Å². The zero-order valence-electron chi connectivity index (χ0n) is 21.8. The maximum atomic E-state index is 12.5. The van der Waals surface area contributed by atoms with Crippen LogP contribution >= 0.6 is 11.3 Å². The number of hydrogen-bond acceptors (Lipinski definition) is 9. The van der Waals surface area contributed by atoms with Crippen LogP contribution in [0.1, 0.15) is 6.92 Å². The second-order valence-corrected chi connectivity index (χ2v) is 10.3. The predicted molar refractivity (Wildman–Crippen MR) is 155 cm³/mol. The first-order valence-corrected chi connectivity index (χ1v) is 13.7. The van der Waals surface area contributed by atoms with Gasteiger partial charge in [0.15, 0.2) is 11.5 Å². The van der Waals surface area contributed by atoms with Gasteiger partial charge in [-0.25, -0.2) is 4.98 Å². The molecule has 0 aliphatic carbocycles. The lowest BCUT2D eigenvalue weighted by atomic mass is 10.2. The third-order valence-electron chi connectivity index (χ3n) is 6.76. The molecule has 1 amide bonds. The van der Waals surface area contributed by atoms with Crippen molar-refractivity contribution >= 4 is 50.5 Å². The van der Waals surface area contributed by atoms with Gasteiger partial charge in [0, 0.05) is 37.6 Å². The van der Waals surface area contributed by atoms with Gasteiger partial charge in [0.05, 0.1) is 17.7 Å². The first kappa shape index (κ1) is 25.0. The smallest absolute Gasteiger partial charge is 0.303 e. The molecule has 1 fully saturated rings. The van der Waals surface area contributed by atoms with Gasteiger partial charge in [-0.2, -0.15) is 4.98 Å². The van der Waals surface area contributed by atoms with Gasteiger partial charge in [-0.3, -0.25) is 9.69 Å². The van der Waals surface area contributed by atoms with Crippen molar-refractivity contribution in [1.29, 1.82) is 0 Å². The Kier molecular flexibility index (Phi) is 6.92. The van der Waals surface area contributed by atoms with E-state index in [1.807, 2.05) is 41.8 Å². The van der Waals surface area contributed by atoms with E-state index < -0.39 is 0 Å². The monoisotopic (exact) mass is 540 g/mol. The third kappa shape index (κ3) is 5.19. The summed E-state index contributed by atoms with van der Waals surface area (Å²) in [7, 11) is 2.16. The molecule has 2 aliphatic rings. The average molecular weight is 541 g/mol. The summed E-state index contributed by atoms with van der Waals surface area (Å²) < 4.78 is 13.1. The second kappa shape index (κ2) is 10.8. The zero-order valence-corrected chi connectivity index (χ0v) is 22.6. The fourth-order valence-corrected chi connectivity index (χ4v) is 5.46. The zero-order chi connectivity index (χ0) is 26.8. The number of benzene rings is 2. The Bertz CT molecular complexity index is 1570. The van der Waals surface area contributed by atoms with Crippen molar-refractivity contribution < 1.29 is 14.3 Å². The van der Waals surface area contributed by atoms with Crippen molar-refractivity contribution in [3.05, 3.63) is 53.9 Å². The van der Waals surface area contributed by atoms with Crippen LogP contribution in [0.25, 0.3) is 10.2 Å². The fourth-order valence-electron chi connectivity index (χ4n) is 4.70. The van der Waals surface area contributed by atoms with E-state index in [2.05, 4.69) is 51.1 Å². The molecule has 39 heavy (non-hydrogen) atoms. The fraction of sp³-hybridized carbons (Fsp3) is 0.276. The molecule has 0 unspecified atom stereocenters. The molecule has 9 nitrogen and oxygen atoms in total. The maximum absolute atomic E-state index is 12.5. The minimum atomic E-state index is -0.271. The molecule has 10 heteroatoms. The number of thiophene rings is 1. The number of carbonyl (C=O) groups is 1. The quantitative estimate of drug-likeness (QED) is 0.364. The van der Waals surface area contributed by atoms with Gasteiger partial charge in [-0.05, 0) is 67.7 Å². The highest BCUT2D eigenvalue weighted by Gasteiger charge is 2.26. The standard InChI is InChI=1S/C29H28N6O3S/c1-3-5-25(36)35-17-18-37-26-23(35)6-4-7-24(26)38-28-27-22(12-19-39-27)31-29(32-28)30-20-8-10-21(11-9-20)34-15-13-33(2)14-16-34/h4,6-12,19H,13-18H2,1-2H3,(H,30,31,32). The summed E-state index contributed by atoms with van der Waals surface area (Å²) in [5.74, 6) is 6.83. The van der Waals surface area contributed by atoms with Crippen LogP contribution in [0, 0.1) is 11.8 Å². The molecular formula is C29H28N6O3S. The molecule has 4 heterocycles. The number of aromatic nitrogens is 2. The summed E-state index contributed by atoms with van der Waals surface area (Å²) in [6.07, 6.45) is 0.